The van der Waals surface area contributed by atoms with Crippen LogP contribution < -0.4 is 0 Å². The smallest absolute Gasteiger partial charge is 0.309 e. The molecule has 29 heavy (non-hydrogen) atoms. The highest BCUT2D eigenvalue weighted by Crippen LogP contribution is 2.13. The second-order valence-electron chi connectivity index (χ2n) is 9.39. The largest absolute Gasteiger partial charge is 0.466 e. The lowest BCUT2D eigenvalue weighted by Crippen LogP contribution is -2.20. The van der Waals surface area contributed by atoms with Crippen molar-refractivity contribution < 1.29 is 19.1 Å². The van der Waals surface area contributed by atoms with E-state index in [1.807, 2.05) is 0 Å². The Balaban J connectivity index is 3.55. The van der Waals surface area contributed by atoms with Gasteiger partial charge in [0.05, 0.1) is 25.6 Å². The standard InChI is InChI=1S/C25H48O4/c1-21(2)16-12-8-6-10-14-18-28-24(26)20-23(5)25(27)29-19-15-11-7-9-13-17-22(3)4/h21-23H,6-20H2,1-5H3. The van der Waals surface area contributed by atoms with Gasteiger partial charge in [0.25, 0.3) is 0 Å². The van der Waals surface area contributed by atoms with E-state index < -0.39 is 5.92 Å². The summed E-state index contributed by atoms with van der Waals surface area (Å²) in [6.07, 6.45) is 14.2. The van der Waals surface area contributed by atoms with Gasteiger partial charge in [-0.3, -0.25) is 9.59 Å². The first-order valence-corrected chi connectivity index (χ1v) is 12.1. The summed E-state index contributed by atoms with van der Waals surface area (Å²) in [6, 6.07) is 0. The Morgan fingerprint density at radius 1 is 0.586 bits per heavy atom. The number of rotatable bonds is 19. The minimum Gasteiger partial charge on any atom is -0.466 e. The number of ether oxygens (including phenoxy) is 2. The minimum absolute atomic E-state index is 0.114. The van der Waals surface area contributed by atoms with Gasteiger partial charge < -0.3 is 9.47 Å². The SMILES string of the molecule is CC(C)CCCCCCCOC(=O)CC(C)C(=O)OCCCCCCCC(C)C. The molecule has 0 aromatic rings. The van der Waals surface area contributed by atoms with E-state index in [0.717, 1.165) is 37.5 Å². The van der Waals surface area contributed by atoms with Gasteiger partial charge in [-0.2, -0.15) is 0 Å². The highest BCUT2D eigenvalue weighted by molar-refractivity contribution is 5.79. The van der Waals surface area contributed by atoms with Crippen LogP contribution in [0.2, 0.25) is 0 Å². The maximum Gasteiger partial charge on any atom is 0.309 e. The molecule has 0 saturated heterocycles. The Labute approximate surface area is 180 Å². The highest BCUT2D eigenvalue weighted by atomic mass is 16.5. The van der Waals surface area contributed by atoms with Crippen LogP contribution in [-0.4, -0.2) is 25.2 Å². The van der Waals surface area contributed by atoms with Crippen LogP contribution in [0.15, 0.2) is 0 Å². The van der Waals surface area contributed by atoms with Gasteiger partial charge in [0.15, 0.2) is 0 Å². The molecule has 1 atom stereocenters. The second kappa shape index (κ2) is 18.9. The number of hydrogen-bond acceptors (Lipinski definition) is 4. The molecule has 0 amide bonds. The maximum absolute atomic E-state index is 12.0. The summed E-state index contributed by atoms with van der Waals surface area (Å²) in [6.45, 7) is 11.7. The Hall–Kier alpha value is -1.06. The van der Waals surface area contributed by atoms with Crippen LogP contribution in [0.1, 0.15) is 118 Å². The fourth-order valence-corrected chi connectivity index (χ4v) is 3.26. The zero-order chi connectivity index (χ0) is 21.9. The average Bonchev–Trinajstić information content (AvgIpc) is 2.65. The van der Waals surface area contributed by atoms with Crippen LogP contribution in [0.25, 0.3) is 0 Å². The van der Waals surface area contributed by atoms with E-state index in [4.69, 9.17) is 9.47 Å². The van der Waals surface area contributed by atoms with Crippen molar-refractivity contribution >= 4 is 11.9 Å². The molecular formula is C25H48O4. The molecule has 0 radical (unpaired) electrons. The summed E-state index contributed by atoms with van der Waals surface area (Å²) in [4.78, 5) is 23.8. The Kier molecular flexibility index (Phi) is 18.2. The monoisotopic (exact) mass is 412 g/mol. The number of unbranched alkanes of at least 4 members (excludes halogenated alkanes) is 8. The first-order valence-electron chi connectivity index (χ1n) is 12.1. The molecule has 0 N–H and O–H groups in total. The van der Waals surface area contributed by atoms with E-state index in [2.05, 4.69) is 27.7 Å². The summed E-state index contributed by atoms with van der Waals surface area (Å²) in [7, 11) is 0. The fraction of sp³-hybridized carbons (Fsp3) is 0.920. The summed E-state index contributed by atoms with van der Waals surface area (Å²) in [5, 5.41) is 0. The molecule has 0 rings (SSSR count). The zero-order valence-electron chi connectivity index (χ0n) is 20.0. The normalized spacial score (nSPS) is 12.4. The predicted octanol–water partition coefficient (Wildman–Crippen LogP) is 7.09. The summed E-state index contributed by atoms with van der Waals surface area (Å²) in [5.74, 6) is 0.559. The van der Waals surface area contributed by atoms with Crippen LogP contribution in [-0.2, 0) is 19.1 Å². The van der Waals surface area contributed by atoms with Gasteiger partial charge >= 0.3 is 11.9 Å². The zero-order valence-corrected chi connectivity index (χ0v) is 20.0. The number of carbonyl (C=O) groups excluding carboxylic acids is 2. The molecule has 0 aliphatic heterocycles. The van der Waals surface area contributed by atoms with E-state index in [-0.39, 0.29) is 18.4 Å². The van der Waals surface area contributed by atoms with Crippen molar-refractivity contribution in [3.05, 3.63) is 0 Å². The molecule has 0 fully saturated rings. The van der Waals surface area contributed by atoms with Crippen LogP contribution >= 0.6 is 0 Å². The van der Waals surface area contributed by atoms with Gasteiger partial charge in [-0.25, -0.2) is 0 Å². The predicted molar refractivity (Wildman–Crippen MR) is 121 cm³/mol. The Bertz CT molecular complexity index is 404. The lowest BCUT2D eigenvalue weighted by Gasteiger charge is -2.11. The van der Waals surface area contributed by atoms with Crippen molar-refractivity contribution in [3.63, 3.8) is 0 Å². The lowest BCUT2D eigenvalue weighted by atomic mass is 10.0. The van der Waals surface area contributed by atoms with Gasteiger partial charge in [0.2, 0.25) is 0 Å². The number of carbonyl (C=O) groups is 2. The second-order valence-corrected chi connectivity index (χ2v) is 9.39. The molecular weight excluding hydrogens is 364 g/mol. The molecule has 0 heterocycles. The maximum atomic E-state index is 12.0. The first kappa shape index (κ1) is 27.9. The molecule has 0 aliphatic carbocycles. The third-order valence-electron chi connectivity index (χ3n) is 5.23. The minimum atomic E-state index is -0.426. The molecule has 172 valence electrons. The van der Waals surface area contributed by atoms with Crippen molar-refractivity contribution in [2.45, 2.75) is 118 Å². The van der Waals surface area contributed by atoms with Crippen LogP contribution in [0.4, 0.5) is 0 Å². The molecule has 0 spiro atoms. The van der Waals surface area contributed by atoms with E-state index in [9.17, 15) is 9.59 Å². The van der Waals surface area contributed by atoms with E-state index in [1.54, 1.807) is 6.92 Å². The Morgan fingerprint density at radius 3 is 1.48 bits per heavy atom. The van der Waals surface area contributed by atoms with Crippen LogP contribution in [0.5, 0.6) is 0 Å². The van der Waals surface area contributed by atoms with E-state index >= 15 is 0 Å². The molecule has 4 heteroatoms. The van der Waals surface area contributed by atoms with Crippen molar-refractivity contribution in [1.29, 1.82) is 0 Å². The van der Waals surface area contributed by atoms with Gasteiger partial charge in [-0.1, -0.05) is 98.8 Å². The summed E-state index contributed by atoms with van der Waals surface area (Å²) >= 11 is 0. The third-order valence-corrected chi connectivity index (χ3v) is 5.23. The van der Waals surface area contributed by atoms with Gasteiger partial charge in [0.1, 0.15) is 0 Å². The van der Waals surface area contributed by atoms with Crippen molar-refractivity contribution in [1.82, 2.24) is 0 Å². The van der Waals surface area contributed by atoms with Crippen LogP contribution in [0, 0.1) is 17.8 Å². The first-order chi connectivity index (χ1) is 13.8. The van der Waals surface area contributed by atoms with E-state index in [0.29, 0.717) is 13.2 Å². The Morgan fingerprint density at radius 2 is 1.00 bits per heavy atom. The highest BCUT2D eigenvalue weighted by Gasteiger charge is 2.19. The fourth-order valence-electron chi connectivity index (χ4n) is 3.26. The molecule has 0 aromatic heterocycles. The summed E-state index contributed by atoms with van der Waals surface area (Å²) in [5.41, 5.74) is 0. The molecule has 4 nitrogen and oxygen atoms in total. The number of esters is 2. The third kappa shape index (κ3) is 20.0. The molecule has 0 aliphatic rings. The molecule has 0 bridgehead atoms. The van der Waals surface area contributed by atoms with Crippen molar-refractivity contribution in [2.75, 3.05) is 13.2 Å². The van der Waals surface area contributed by atoms with Crippen molar-refractivity contribution in [2.24, 2.45) is 17.8 Å². The molecule has 0 saturated carbocycles. The topological polar surface area (TPSA) is 52.6 Å². The van der Waals surface area contributed by atoms with Gasteiger partial charge in [-0.15, -0.1) is 0 Å². The molecule has 0 aromatic carbocycles. The lowest BCUT2D eigenvalue weighted by molar-refractivity contribution is -0.154. The molecule has 1 unspecified atom stereocenters. The number of hydrogen-bond donors (Lipinski definition) is 0. The van der Waals surface area contributed by atoms with Gasteiger partial charge in [0, 0.05) is 0 Å². The van der Waals surface area contributed by atoms with Crippen LogP contribution in [0.3, 0.4) is 0 Å². The average molecular weight is 413 g/mol. The van der Waals surface area contributed by atoms with Gasteiger partial charge in [-0.05, 0) is 24.7 Å². The van der Waals surface area contributed by atoms with Crippen molar-refractivity contribution in [3.8, 4) is 0 Å². The quantitative estimate of drug-likeness (QED) is 0.168. The summed E-state index contributed by atoms with van der Waals surface area (Å²) < 4.78 is 10.6. The van der Waals surface area contributed by atoms with E-state index in [1.165, 1.54) is 51.4 Å².